The van der Waals surface area contributed by atoms with E-state index in [4.69, 9.17) is 0 Å². The van der Waals surface area contributed by atoms with Crippen LogP contribution in [-0.4, -0.2) is 48.3 Å². The molecule has 1 atom stereocenters. The Kier molecular flexibility index (Phi) is 5.27. The van der Waals surface area contributed by atoms with Crippen LogP contribution in [0.3, 0.4) is 0 Å². The molecule has 1 heterocycles. The van der Waals surface area contributed by atoms with Crippen molar-refractivity contribution in [1.29, 1.82) is 0 Å². The summed E-state index contributed by atoms with van der Waals surface area (Å²) in [6, 6.07) is 0. The molecule has 2 aliphatic rings. The van der Waals surface area contributed by atoms with E-state index in [2.05, 4.69) is 17.1 Å². The maximum absolute atomic E-state index is 10.2. The zero-order valence-electron chi connectivity index (χ0n) is 12.9. The quantitative estimate of drug-likeness (QED) is 0.804. The molecule has 1 aliphatic heterocycles. The van der Waals surface area contributed by atoms with Crippen molar-refractivity contribution in [2.75, 3.05) is 32.7 Å². The van der Waals surface area contributed by atoms with Gasteiger partial charge in [-0.15, -0.1) is 0 Å². The SMILES string of the molecule is CCNCC1(CN2CCCC(C)(O)CC2)CCCC1. The lowest BCUT2D eigenvalue weighted by molar-refractivity contribution is 0.0427. The van der Waals surface area contributed by atoms with Gasteiger partial charge in [0.05, 0.1) is 5.60 Å². The maximum atomic E-state index is 10.2. The molecule has 1 unspecified atom stereocenters. The summed E-state index contributed by atoms with van der Waals surface area (Å²) < 4.78 is 0. The van der Waals surface area contributed by atoms with E-state index in [-0.39, 0.29) is 0 Å². The Morgan fingerprint density at radius 2 is 1.79 bits per heavy atom. The molecule has 0 bridgehead atoms. The van der Waals surface area contributed by atoms with E-state index in [9.17, 15) is 5.11 Å². The zero-order chi connectivity index (χ0) is 13.8. The van der Waals surface area contributed by atoms with Gasteiger partial charge in [-0.2, -0.15) is 0 Å². The molecule has 1 saturated carbocycles. The molecule has 3 nitrogen and oxygen atoms in total. The predicted octanol–water partition coefficient (Wildman–Crippen LogP) is 2.39. The third kappa shape index (κ3) is 4.44. The van der Waals surface area contributed by atoms with E-state index < -0.39 is 5.60 Å². The van der Waals surface area contributed by atoms with Crippen molar-refractivity contribution < 1.29 is 5.11 Å². The van der Waals surface area contributed by atoms with Crippen molar-refractivity contribution in [3.63, 3.8) is 0 Å². The number of nitrogens with zero attached hydrogens (tertiary/aromatic N) is 1. The van der Waals surface area contributed by atoms with Gasteiger partial charge in [0.25, 0.3) is 0 Å². The summed E-state index contributed by atoms with van der Waals surface area (Å²) in [4.78, 5) is 2.62. The van der Waals surface area contributed by atoms with Crippen molar-refractivity contribution in [3.05, 3.63) is 0 Å². The van der Waals surface area contributed by atoms with Crippen LogP contribution in [-0.2, 0) is 0 Å². The number of rotatable bonds is 5. The van der Waals surface area contributed by atoms with Gasteiger partial charge in [-0.05, 0) is 57.5 Å². The van der Waals surface area contributed by atoms with Crippen LogP contribution < -0.4 is 5.32 Å². The minimum atomic E-state index is -0.431. The molecule has 2 fully saturated rings. The fraction of sp³-hybridized carbons (Fsp3) is 1.00. The minimum absolute atomic E-state index is 0.431. The lowest BCUT2D eigenvalue weighted by Gasteiger charge is -2.35. The van der Waals surface area contributed by atoms with E-state index in [1.807, 2.05) is 6.92 Å². The van der Waals surface area contributed by atoms with Gasteiger partial charge in [-0.3, -0.25) is 0 Å². The molecule has 0 radical (unpaired) electrons. The normalized spacial score (nSPS) is 32.4. The van der Waals surface area contributed by atoms with Gasteiger partial charge >= 0.3 is 0 Å². The third-order valence-electron chi connectivity index (χ3n) is 5.13. The molecule has 112 valence electrons. The lowest BCUT2D eigenvalue weighted by atomic mass is 9.85. The highest BCUT2D eigenvalue weighted by Gasteiger charge is 2.36. The Labute approximate surface area is 118 Å². The van der Waals surface area contributed by atoms with Gasteiger partial charge in [0.15, 0.2) is 0 Å². The van der Waals surface area contributed by atoms with Gasteiger partial charge in [-0.25, -0.2) is 0 Å². The Hall–Kier alpha value is -0.120. The summed E-state index contributed by atoms with van der Waals surface area (Å²) >= 11 is 0. The molecular formula is C16H32N2O. The second-order valence-electron chi connectivity index (χ2n) is 7.11. The van der Waals surface area contributed by atoms with Crippen molar-refractivity contribution >= 4 is 0 Å². The summed E-state index contributed by atoms with van der Waals surface area (Å²) in [6.07, 6.45) is 8.60. The molecule has 0 aromatic rings. The van der Waals surface area contributed by atoms with Crippen LogP contribution >= 0.6 is 0 Å². The van der Waals surface area contributed by atoms with Crippen LogP contribution in [0.25, 0.3) is 0 Å². The molecule has 0 spiro atoms. The molecule has 2 rings (SSSR count). The first kappa shape index (κ1) is 15.3. The van der Waals surface area contributed by atoms with Gasteiger partial charge in [0.2, 0.25) is 0 Å². The number of likely N-dealkylation sites (tertiary alicyclic amines) is 1. The fourth-order valence-electron chi connectivity index (χ4n) is 3.86. The minimum Gasteiger partial charge on any atom is -0.390 e. The van der Waals surface area contributed by atoms with Crippen LogP contribution in [0.5, 0.6) is 0 Å². The first-order valence-corrected chi connectivity index (χ1v) is 8.21. The highest BCUT2D eigenvalue weighted by molar-refractivity contribution is 4.91. The summed E-state index contributed by atoms with van der Waals surface area (Å²) in [5.74, 6) is 0. The predicted molar refractivity (Wildman–Crippen MR) is 80.4 cm³/mol. The average Bonchev–Trinajstić information content (AvgIpc) is 2.75. The van der Waals surface area contributed by atoms with Crippen molar-refractivity contribution in [1.82, 2.24) is 10.2 Å². The van der Waals surface area contributed by atoms with Gasteiger partial charge in [-0.1, -0.05) is 19.8 Å². The van der Waals surface area contributed by atoms with E-state index in [0.29, 0.717) is 5.41 Å². The van der Waals surface area contributed by atoms with E-state index in [1.54, 1.807) is 0 Å². The van der Waals surface area contributed by atoms with E-state index in [1.165, 1.54) is 45.3 Å². The molecule has 19 heavy (non-hydrogen) atoms. The van der Waals surface area contributed by atoms with Crippen molar-refractivity contribution in [2.45, 2.75) is 64.4 Å². The maximum Gasteiger partial charge on any atom is 0.0632 e. The van der Waals surface area contributed by atoms with Crippen molar-refractivity contribution in [3.8, 4) is 0 Å². The van der Waals surface area contributed by atoms with Crippen LogP contribution in [0.15, 0.2) is 0 Å². The van der Waals surface area contributed by atoms with Crippen LogP contribution in [0, 0.1) is 5.41 Å². The Balaban J connectivity index is 1.90. The van der Waals surface area contributed by atoms with Gasteiger partial charge in [0.1, 0.15) is 0 Å². The Morgan fingerprint density at radius 1 is 1.05 bits per heavy atom. The zero-order valence-corrected chi connectivity index (χ0v) is 12.9. The number of hydrogen-bond acceptors (Lipinski definition) is 3. The first-order chi connectivity index (χ1) is 9.05. The molecular weight excluding hydrogens is 236 g/mol. The lowest BCUT2D eigenvalue weighted by Crippen LogP contribution is -2.43. The second kappa shape index (κ2) is 6.55. The Bertz CT molecular complexity index is 272. The molecule has 0 aromatic heterocycles. The smallest absolute Gasteiger partial charge is 0.0632 e. The summed E-state index contributed by atoms with van der Waals surface area (Å²) in [6.45, 7) is 9.93. The average molecular weight is 268 g/mol. The van der Waals surface area contributed by atoms with E-state index in [0.717, 1.165) is 32.4 Å². The molecule has 2 N–H and O–H groups in total. The number of nitrogens with one attached hydrogen (secondary N) is 1. The van der Waals surface area contributed by atoms with Crippen LogP contribution in [0.1, 0.15) is 58.8 Å². The topological polar surface area (TPSA) is 35.5 Å². The van der Waals surface area contributed by atoms with Crippen molar-refractivity contribution in [2.24, 2.45) is 5.41 Å². The highest BCUT2D eigenvalue weighted by atomic mass is 16.3. The highest BCUT2D eigenvalue weighted by Crippen LogP contribution is 2.39. The van der Waals surface area contributed by atoms with Crippen LogP contribution in [0.4, 0.5) is 0 Å². The summed E-state index contributed by atoms with van der Waals surface area (Å²) in [7, 11) is 0. The van der Waals surface area contributed by atoms with Gasteiger partial charge in [0, 0.05) is 19.6 Å². The Morgan fingerprint density at radius 3 is 2.47 bits per heavy atom. The largest absolute Gasteiger partial charge is 0.390 e. The van der Waals surface area contributed by atoms with Crippen LogP contribution in [0.2, 0.25) is 0 Å². The molecule has 1 aliphatic carbocycles. The number of hydrogen-bond donors (Lipinski definition) is 2. The number of aliphatic hydroxyl groups is 1. The van der Waals surface area contributed by atoms with E-state index >= 15 is 0 Å². The molecule has 3 heteroatoms. The summed E-state index contributed by atoms with van der Waals surface area (Å²) in [5.41, 5.74) is 0.0749. The first-order valence-electron chi connectivity index (χ1n) is 8.21. The standard InChI is InChI=1S/C16H32N2O/c1-3-17-13-16(8-4-5-9-16)14-18-11-6-7-15(2,19)10-12-18/h17,19H,3-14H2,1-2H3. The summed E-state index contributed by atoms with van der Waals surface area (Å²) in [5, 5.41) is 13.8. The molecule has 0 aromatic carbocycles. The monoisotopic (exact) mass is 268 g/mol. The molecule has 1 saturated heterocycles. The molecule has 0 amide bonds. The fourth-order valence-corrected chi connectivity index (χ4v) is 3.86. The second-order valence-corrected chi connectivity index (χ2v) is 7.11. The third-order valence-corrected chi connectivity index (χ3v) is 5.13. The van der Waals surface area contributed by atoms with Gasteiger partial charge < -0.3 is 15.3 Å².